The van der Waals surface area contributed by atoms with Crippen LogP contribution in [0.15, 0.2) is 60.0 Å². The lowest BCUT2D eigenvalue weighted by Crippen LogP contribution is -2.36. The number of nitrogens with zero attached hydrogens (tertiary/aromatic N) is 6. The van der Waals surface area contributed by atoms with Gasteiger partial charge in [-0.15, -0.1) is 0 Å². The Morgan fingerprint density at radius 3 is 2.29 bits per heavy atom. The quantitative estimate of drug-likeness (QED) is 0.397. The number of rotatable bonds is 6. The molecule has 1 aliphatic heterocycles. The van der Waals surface area contributed by atoms with Gasteiger partial charge in [-0.3, -0.25) is 9.67 Å². The SMILES string of the molecule is CC(C)Cc1cnc(N2CCC(n3ncc4cc(-c5ccc(S(C)(=O)=O)cc5)ncc43)CC2)nc1. The van der Waals surface area contributed by atoms with Crippen molar-refractivity contribution in [3.63, 3.8) is 0 Å². The van der Waals surface area contributed by atoms with Crippen LogP contribution >= 0.6 is 0 Å². The molecule has 0 bridgehead atoms. The number of sulfone groups is 1. The van der Waals surface area contributed by atoms with Gasteiger partial charge in [-0.25, -0.2) is 18.4 Å². The largest absolute Gasteiger partial charge is 0.341 e. The molecule has 1 aliphatic rings. The molecule has 35 heavy (non-hydrogen) atoms. The predicted molar refractivity (Wildman–Crippen MR) is 137 cm³/mol. The molecule has 182 valence electrons. The molecule has 5 rings (SSSR count). The maximum atomic E-state index is 11.7. The first-order chi connectivity index (χ1) is 16.8. The van der Waals surface area contributed by atoms with E-state index in [4.69, 9.17) is 0 Å². The van der Waals surface area contributed by atoms with Crippen LogP contribution in [0.5, 0.6) is 0 Å². The molecule has 0 amide bonds. The average molecular weight is 491 g/mol. The molecule has 8 nitrogen and oxygen atoms in total. The van der Waals surface area contributed by atoms with Crippen LogP contribution in [0.25, 0.3) is 22.2 Å². The molecule has 0 aliphatic carbocycles. The lowest BCUT2D eigenvalue weighted by Gasteiger charge is -2.32. The first-order valence-corrected chi connectivity index (χ1v) is 13.9. The summed E-state index contributed by atoms with van der Waals surface area (Å²) in [5.74, 6) is 1.39. The normalized spacial score (nSPS) is 15.3. The molecule has 1 fully saturated rings. The van der Waals surface area contributed by atoms with E-state index >= 15 is 0 Å². The van der Waals surface area contributed by atoms with Crippen molar-refractivity contribution in [2.75, 3.05) is 24.2 Å². The number of aromatic nitrogens is 5. The molecule has 1 aromatic carbocycles. The number of hydrogen-bond acceptors (Lipinski definition) is 7. The van der Waals surface area contributed by atoms with E-state index in [1.54, 1.807) is 24.3 Å². The molecule has 4 aromatic rings. The van der Waals surface area contributed by atoms with E-state index in [1.807, 2.05) is 30.9 Å². The van der Waals surface area contributed by atoms with Crippen LogP contribution in [0.4, 0.5) is 5.95 Å². The Kier molecular flexibility index (Phi) is 6.27. The van der Waals surface area contributed by atoms with Gasteiger partial charge in [0.05, 0.1) is 34.5 Å². The van der Waals surface area contributed by atoms with E-state index in [1.165, 1.54) is 11.8 Å². The summed E-state index contributed by atoms with van der Waals surface area (Å²) in [6, 6.07) is 9.14. The molecule has 0 atom stereocenters. The summed E-state index contributed by atoms with van der Waals surface area (Å²) in [6.07, 6.45) is 11.8. The molecule has 0 unspecified atom stereocenters. The van der Waals surface area contributed by atoms with Gasteiger partial charge in [0.2, 0.25) is 5.95 Å². The Hall–Kier alpha value is -3.33. The van der Waals surface area contributed by atoms with Crippen molar-refractivity contribution in [2.45, 2.75) is 44.0 Å². The average Bonchev–Trinajstić information content (AvgIpc) is 3.27. The first kappa shape index (κ1) is 23.4. The van der Waals surface area contributed by atoms with Gasteiger partial charge in [-0.05, 0) is 48.9 Å². The smallest absolute Gasteiger partial charge is 0.225 e. The van der Waals surface area contributed by atoms with Crippen LogP contribution in [0.1, 0.15) is 38.3 Å². The molecule has 1 saturated heterocycles. The molecule has 0 radical (unpaired) electrons. The van der Waals surface area contributed by atoms with E-state index in [-0.39, 0.29) is 0 Å². The zero-order valence-electron chi connectivity index (χ0n) is 20.3. The Labute approximate surface area is 206 Å². The number of benzene rings is 1. The Bertz CT molecular complexity index is 1420. The van der Waals surface area contributed by atoms with E-state index in [9.17, 15) is 8.42 Å². The molecule has 3 aromatic heterocycles. The van der Waals surface area contributed by atoms with Crippen molar-refractivity contribution < 1.29 is 8.42 Å². The highest BCUT2D eigenvalue weighted by atomic mass is 32.2. The van der Waals surface area contributed by atoms with Crippen molar-refractivity contribution in [3.05, 3.63) is 60.7 Å². The molecule has 4 heterocycles. The molecule has 0 saturated carbocycles. The second-order valence-corrected chi connectivity index (χ2v) is 11.7. The van der Waals surface area contributed by atoms with Crippen LogP contribution in [0.2, 0.25) is 0 Å². The second kappa shape index (κ2) is 9.37. The van der Waals surface area contributed by atoms with Gasteiger partial charge in [-0.1, -0.05) is 26.0 Å². The summed E-state index contributed by atoms with van der Waals surface area (Å²) in [5, 5.41) is 5.71. The number of pyridine rings is 1. The zero-order valence-corrected chi connectivity index (χ0v) is 21.1. The highest BCUT2D eigenvalue weighted by Crippen LogP contribution is 2.29. The van der Waals surface area contributed by atoms with E-state index in [2.05, 4.69) is 43.5 Å². The predicted octanol–water partition coefficient (Wildman–Crippen LogP) is 4.33. The Balaban J connectivity index is 1.28. The molecule has 0 N–H and O–H groups in total. The third-order valence-electron chi connectivity index (χ3n) is 6.49. The molecule has 9 heteroatoms. The minimum absolute atomic E-state index is 0.297. The van der Waals surface area contributed by atoms with E-state index < -0.39 is 9.84 Å². The third kappa shape index (κ3) is 5.05. The fraction of sp³-hybridized carbons (Fsp3) is 0.385. The standard InChI is InChI=1S/C26H30N6O2S/c1-18(2)12-19-14-28-26(29-15-19)31-10-8-22(9-11-31)32-25-17-27-24(13-21(25)16-30-32)20-4-6-23(7-5-20)35(3,33)34/h4-7,13-18,22H,8-12H2,1-3H3. The highest BCUT2D eigenvalue weighted by Gasteiger charge is 2.24. The van der Waals surface area contributed by atoms with Crippen LogP contribution < -0.4 is 4.90 Å². The lowest BCUT2D eigenvalue weighted by molar-refractivity contribution is 0.373. The van der Waals surface area contributed by atoms with Crippen molar-refractivity contribution in [1.82, 2.24) is 24.7 Å². The van der Waals surface area contributed by atoms with Crippen LogP contribution in [-0.2, 0) is 16.3 Å². The maximum Gasteiger partial charge on any atom is 0.225 e. The van der Waals surface area contributed by atoms with Gasteiger partial charge >= 0.3 is 0 Å². The summed E-state index contributed by atoms with van der Waals surface area (Å²) in [6.45, 7) is 6.17. The number of hydrogen-bond donors (Lipinski definition) is 0. The first-order valence-electron chi connectivity index (χ1n) is 12.0. The van der Waals surface area contributed by atoms with Gasteiger partial charge in [-0.2, -0.15) is 5.10 Å². The second-order valence-electron chi connectivity index (χ2n) is 9.72. The lowest BCUT2D eigenvalue weighted by atomic mass is 10.0. The van der Waals surface area contributed by atoms with Gasteiger partial charge in [0.15, 0.2) is 9.84 Å². The molecule has 0 spiro atoms. The fourth-order valence-electron chi connectivity index (χ4n) is 4.67. The molecular weight excluding hydrogens is 460 g/mol. The fourth-order valence-corrected chi connectivity index (χ4v) is 5.30. The summed E-state index contributed by atoms with van der Waals surface area (Å²) in [7, 11) is -3.22. The van der Waals surface area contributed by atoms with Gasteiger partial charge in [0, 0.05) is 42.7 Å². The minimum atomic E-state index is -3.22. The maximum absolute atomic E-state index is 11.7. The Morgan fingerprint density at radius 2 is 1.66 bits per heavy atom. The van der Waals surface area contributed by atoms with E-state index in [0.717, 1.165) is 60.5 Å². The topological polar surface area (TPSA) is 93.9 Å². The number of piperidine rings is 1. The number of anilines is 1. The monoisotopic (exact) mass is 490 g/mol. The summed E-state index contributed by atoms with van der Waals surface area (Å²) >= 11 is 0. The zero-order chi connectivity index (χ0) is 24.6. The van der Waals surface area contributed by atoms with Gasteiger partial charge < -0.3 is 4.90 Å². The van der Waals surface area contributed by atoms with Crippen LogP contribution in [0.3, 0.4) is 0 Å². The summed E-state index contributed by atoms with van der Waals surface area (Å²) in [5.41, 5.74) is 3.86. The van der Waals surface area contributed by atoms with Crippen molar-refractivity contribution in [3.8, 4) is 11.3 Å². The highest BCUT2D eigenvalue weighted by molar-refractivity contribution is 7.90. The van der Waals surface area contributed by atoms with Crippen molar-refractivity contribution in [2.24, 2.45) is 5.92 Å². The van der Waals surface area contributed by atoms with Crippen molar-refractivity contribution in [1.29, 1.82) is 0 Å². The Morgan fingerprint density at radius 1 is 0.971 bits per heavy atom. The summed E-state index contributed by atoms with van der Waals surface area (Å²) < 4.78 is 25.5. The van der Waals surface area contributed by atoms with Crippen LogP contribution in [-0.4, -0.2) is 52.5 Å². The van der Waals surface area contributed by atoms with Crippen LogP contribution in [0, 0.1) is 5.92 Å². The van der Waals surface area contributed by atoms with Crippen molar-refractivity contribution >= 4 is 26.7 Å². The summed E-state index contributed by atoms with van der Waals surface area (Å²) in [4.78, 5) is 16.4. The van der Waals surface area contributed by atoms with E-state index in [0.29, 0.717) is 16.9 Å². The van der Waals surface area contributed by atoms with Gasteiger partial charge in [0.1, 0.15) is 0 Å². The minimum Gasteiger partial charge on any atom is -0.341 e. The molecular formula is C26H30N6O2S. The third-order valence-corrected chi connectivity index (χ3v) is 7.62. The van der Waals surface area contributed by atoms with Gasteiger partial charge in [0.25, 0.3) is 0 Å². The number of fused-ring (bicyclic) bond motifs is 1.